The van der Waals surface area contributed by atoms with Crippen LogP contribution in [0.1, 0.15) is 111 Å². The van der Waals surface area contributed by atoms with E-state index in [1.54, 1.807) is 4.90 Å². The fraction of sp³-hybridized carbons (Fsp3) is 0.765. The molecule has 42 heavy (non-hydrogen) atoms. The lowest BCUT2D eigenvalue weighted by molar-refractivity contribution is -0.130. The van der Waals surface area contributed by atoms with Crippen LogP contribution in [0.15, 0.2) is 18.3 Å². The molecule has 0 radical (unpaired) electrons. The predicted octanol–water partition coefficient (Wildman–Crippen LogP) is 6.77. The molecule has 4 rings (SSSR count). The van der Waals surface area contributed by atoms with Crippen molar-refractivity contribution in [3.63, 3.8) is 0 Å². The highest BCUT2D eigenvalue weighted by molar-refractivity contribution is 5.96. The van der Waals surface area contributed by atoms with E-state index >= 15 is 0 Å². The molecule has 2 aliphatic carbocycles. The zero-order valence-electron chi connectivity index (χ0n) is 26.8. The van der Waals surface area contributed by atoms with Gasteiger partial charge >= 0.3 is 6.09 Å². The number of amides is 2. The number of Topliss-reactive ketones (excluding diaryl/α,β-unsaturated/α-hetero) is 1. The number of pyridine rings is 1. The SMILES string of the molecule is CCOC[C@@H](CC(=O)[C@H]1C[C@@H](C(=O)N(c2ccc(C(C)C)cn2)C2CC2)CN(C(=O)OC(C)(C)C)C1)C1CCCCC1. The lowest BCUT2D eigenvalue weighted by Crippen LogP contribution is -2.52. The molecule has 1 saturated heterocycles. The number of rotatable bonds is 11. The van der Waals surface area contributed by atoms with Crippen LogP contribution in [0.25, 0.3) is 0 Å². The number of likely N-dealkylation sites (tertiary alicyclic amines) is 1. The summed E-state index contributed by atoms with van der Waals surface area (Å²) < 4.78 is 11.6. The number of nitrogens with zero attached hydrogens (tertiary/aromatic N) is 3. The second-order valence-corrected chi connectivity index (χ2v) is 14.0. The van der Waals surface area contributed by atoms with E-state index in [1.165, 1.54) is 19.3 Å². The van der Waals surface area contributed by atoms with Crippen LogP contribution >= 0.6 is 0 Å². The number of anilines is 1. The number of ketones is 1. The van der Waals surface area contributed by atoms with Crippen LogP contribution in [0.2, 0.25) is 0 Å². The van der Waals surface area contributed by atoms with Gasteiger partial charge in [0, 0.05) is 44.3 Å². The van der Waals surface area contributed by atoms with Crippen LogP contribution < -0.4 is 4.90 Å². The topological polar surface area (TPSA) is 89.0 Å². The van der Waals surface area contributed by atoms with Crippen molar-refractivity contribution in [2.45, 2.75) is 117 Å². The first kappa shape index (κ1) is 32.4. The van der Waals surface area contributed by atoms with E-state index in [0.717, 1.165) is 31.2 Å². The molecule has 8 heteroatoms. The second-order valence-electron chi connectivity index (χ2n) is 14.0. The molecular weight excluding hydrogens is 530 g/mol. The molecule has 2 heterocycles. The molecule has 0 aromatic carbocycles. The van der Waals surface area contributed by atoms with Crippen molar-refractivity contribution in [1.29, 1.82) is 0 Å². The Bertz CT molecular complexity index is 1060. The summed E-state index contributed by atoms with van der Waals surface area (Å²) in [6.07, 6.45) is 10.1. The minimum absolute atomic E-state index is 0.0495. The summed E-state index contributed by atoms with van der Waals surface area (Å²) in [6.45, 7) is 13.5. The maximum Gasteiger partial charge on any atom is 0.410 e. The molecule has 0 N–H and O–H groups in total. The van der Waals surface area contributed by atoms with Crippen molar-refractivity contribution in [2.24, 2.45) is 23.7 Å². The molecule has 1 aliphatic heterocycles. The summed E-state index contributed by atoms with van der Waals surface area (Å²) in [4.78, 5) is 49.5. The molecule has 1 aromatic heterocycles. The van der Waals surface area contributed by atoms with E-state index in [2.05, 4.69) is 18.8 Å². The normalized spacial score (nSPS) is 22.6. The fourth-order valence-electron chi connectivity index (χ4n) is 6.54. The minimum Gasteiger partial charge on any atom is -0.444 e. The molecular formula is C34H53N3O5. The van der Waals surface area contributed by atoms with Gasteiger partial charge in [-0.3, -0.25) is 14.5 Å². The molecule has 2 saturated carbocycles. The first-order valence-corrected chi connectivity index (χ1v) is 16.3. The van der Waals surface area contributed by atoms with E-state index in [9.17, 15) is 14.4 Å². The van der Waals surface area contributed by atoms with Gasteiger partial charge in [0.2, 0.25) is 5.91 Å². The van der Waals surface area contributed by atoms with Crippen LogP contribution in [-0.2, 0) is 19.1 Å². The van der Waals surface area contributed by atoms with Gasteiger partial charge in [-0.1, -0.05) is 52.0 Å². The Morgan fingerprint density at radius 2 is 1.71 bits per heavy atom. The van der Waals surface area contributed by atoms with E-state index in [4.69, 9.17) is 9.47 Å². The molecule has 2 amide bonds. The molecule has 234 valence electrons. The monoisotopic (exact) mass is 583 g/mol. The van der Waals surface area contributed by atoms with Gasteiger partial charge < -0.3 is 14.4 Å². The molecule has 3 atom stereocenters. The highest BCUT2D eigenvalue weighted by atomic mass is 16.6. The molecule has 0 unspecified atom stereocenters. The highest BCUT2D eigenvalue weighted by Crippen LogP contribution is 2.37. The Balaban J connectivity index is 1.55. The Kier molecular flexibility index (Phi) is 11.1. The molecule has 3 aliphatic rings. The number of aromatic nitrogens is 1. The maximum absolute atomic E-state index is 14.2. The molecule has 3 fully saturated rings. The highest BCUT2D eigenvalue weighted by Gasteiger charge is 2.44. The van der Waals surface area contributed by atoms with Gasteiger partial charge in [-0.25, -0.2) is 9.78 Å². The average Bonchev–Trinajstić information content (AvgIpc) is 3.80. The largest absolute Gasteiger partial charge is 0.444 e. The summed E-state index contributed by atoms with van der Waals surface area (Å²) >= 11 is 0. The van der Waals surface area contributed by atoms with Gasteiger partial charge in [-0.2, -0.15) is 0 Å². The van der Waals surface area contributed by atoms with Gasteiger partial charge in [-0.05, 0) is 76.3 Å². The zero-order chi connectivity index (χ0) is 30.4. The van der Waals surface area contributed by atoms with Gasteiger partial charge in [0.1, 0.15) is 17.2 Å². The number of hydrogen-bond acceptors (Lipinski definition) is 6. The quantitative estimate of drug-likeness (QED) is 0.286. The number of carbonyl (C=O) groups is 3. The van der Waals surface area contributed by atoms with Crippen molar-refractivity contribution in [3.8, 4) is 0 Å². The maximum atomic E-state index is 14.2. The van der Waals surface area contributed by atoms with E-state index < -0.39 is 23.5 Å². The number of carbonyl (C=O) groups excluding carboxylic acids is 3. The predicted molar refractivity (Wildman–Crippen MR) is 164 cm³/mol. The first-order chi connectivity index (χ1) is 20.0. The first-order valence-electron chi connectivity index (χ1n) is 16.3. The fourth-order valence-corrected chi connectivity index (χ4v) is 6.54. The summed E-state index contributed by atoms with van der Waals surface area (Å²) in [5, 5.41) is 0. The summed E-state index contributed by atoms with van der Waals surface area (Å²) in [5.41, 5.74) is 0.458. The Hall–Kier alpha value is -2.48. The third-order valence-corrected chi connectivity index (χ3v) is 9.06. The van der Waals surface area contributed by atoms with Crippen molar-refractivity contribution in [3.05, 3.63) is 23.9 Å². The second kappa shape index (κ2) is 14.3. The zero-order valence-corrected chi connectivity index (χ0v) is 26.8. The van der Waals surface area contributed by atoms with Crippen molar-refractivity contribution >= 4 is 23.6 Å². The molecule has 0 bridgehead atoms. The van der Waals surface area contributed by atoms with Crippen LogP contribution in [0.3, 0.4) is 0 Å². The Labute approximate surface area is 252 Å². The van der Waals surface area contributed by atoms with Crippen LogP contribution in [-0.4, -0.2) is 65.6 Å². The third-order valence-electron chi connectivity index (χ3n) is 9.06. The van der Waals surface area contributed by atoms with Gasteiger partial charge in [-0.15, -0.1) is 0 Å². The Morgan fingerprint density at radius 3 is 2.29 bits per heavy atom. The lowest BCUT2D eigenvalue weighted by atomic mass is 9.75. The summed E-state index contributed by atoms with van der Waals surface area (Å²) in [7, 11) is 0. The van der Waals surface area contributed by atoms with Gasteiger partial charge in [0.05, 0.1) is 12.5 Å². The number of piperidine rings is 1. The standard InChI is InChI=1S/C34H53N3O5/c1-7-41-22-28(24-11-9-8-10-12-24)18-30(38)26-17-27(21-36(20-26)33(40)42-34(4,5)6)32(39)37(29-14-15-29)31-16-13-25(19-35-31)23(2)3/h13,16,19,23-24,26-29H,7-12,14-15,17-18,20-22H2,1-6H3/t26-,27+,28+/m0/s1. The smallest absolute Gasteiger partial charge is 0.410 e. The van der Waals surface area contributed by atoms with Crippen LogP contribution in [0.4, 0.5) is 10.6 Å². The van der Waals surface area contributed by atoms with E-state index in [0.29, 0.717) is 43.7 Å². The van der Waals surface area contributed by atoms with Gasteiger partial charge in [0.15, 0.2) is 0 Å². The summed E-state index contributed by atoms with van der Waals surface area (Å²) in [5.74, 6) is 0.846. The van der Waals surface area contributed by atoms with E-state index in [-0.39, 0.29) is 36.7 Å². The minimum atomic E-state index is -0.667. The molecule has 1 aromatic rings. The lowest BCUT2D eigenvalue weighted by Gasteiger charge is -2.39. The van der Waals surface area contributed by atoms with E-state index in [1.807, 2.05) is 50.9 Å². The third kappa shape index (κ3) is 8.77. The molecule has 0 spiro atoms. The average molecular weight is 584 g/mol. The van der Waals surface area contributed by atoms with Crippen molar-refractivity contribution in [1.82, 2.24) is 9.88 Å². The number of ether oxygens (including phenoxy) is 2. The van der Waals surface area contributed by atoms with Crippen LogP contribution in [0.5, 0.6) is 0 Å². The van der Waals surface area contributed by atoms with Crippen molar-refractivity contribution < 1.29 is 23.9 Å². The van der Waals surface area contributed by atoms with Gasteiger partial charge in [0.25, 0.3) is 0 Å². The van der Waals surface area contributed by atoms with Crippen LogP contribution in [0, 0.1) is 23.7 Å². The van der Waals surface area contributed by atoms with Crippen molar-refractivity contribution in [2.75, 3.05) is 31.2 Å². The number of hydrogen-bond donors (Lipinski definition) is 0. The Morgan fingerprint density at radius 1 is 1.02 bits per heavy atom. The summed E-state index contributed by atoms with van der Waals surface area (Å²) in [6, 6.07) is 4.09. The molecule has 8 nitrogen and oxygen atoms in total.